The fourth-order valence-corrected chi connectivity index (χ4v) is 3.50. The van der Waals surface area contributed by atoms with Gasteiger partial charge in [0.05, 0.1) is 21.3 Å². The summed E-state index contributed by atoms with van der Waals surface area (Å²) in [4.78, 5) is 12.5. The number of ether oxygens (including phenoxy) is 4. The highest BCUT2D eigenvalue weighted by Gasteiger charge is 2.19. The van der Waals surface area contributed by atoms with Crippen LogP contribution in [0.3, 0.4) is 0 Å². The first kappa shape index (κ1) is 17.1. The van der Waals surface area contributed by atoms with Crippen LogP contribution in [0.25, 0.3) is 10.1 Å². The predicted molar refractivity (Wildman–Crippen MR) is 97.0 cm³/mol. The van der Waals surface area contributed by atoms with Gasteiger partial charge in [-0.25, -0.2) is 4.79 Å². The molecule has 0 fully saturated rings. The lowest BCUT2D eigenvalue weighted by Gasteiger charge is -2.13. The minimum absolute atomic E-state index is 0.195. The summed E-state index contributed by atoms with van der Waals surface area (Å²) in [6, 6.07) is 11.2. The molecule has 0 N–H and O–H groups in total. The normalized spacial score (nSPS) is 10.5. The van der Waals surface area contributed by atoms with Crippen molar-refractivity contribution in [2.24, 2.45) is 0 Å². The van der Waals surface area contributed by atoms with E-state index in [-0.39, 0.29) is 6.61 Å². The summed E-state index contributed by atoms with van der Waals surface area (Å²) in [6.45, 7) is 0.195. The maximum absolute atomic E-state index is 12.5. The second-order valence-corrected chi connectivity index (χ2v) is 6.15. The van der Waals surface area contributed by atoms with Crippen LogP contribution < -0.4 is 14.2 Å². The minimum atomic E-state index is -0.479. The van der Waals surface area contributed by atoms with Crippen molar-refractivity contribution in [3.8, 4) is 17.2 Å². The Hall–Kier alpha value is -2.73. The smallest absolute Gasteiger partial charge is 0.342 e. The highest BCUT2D eigenvalue weighted by Crippen LogP contribution is 2.35. The molecule has 3 aromatic rings. The van der Waals surface area contributed by atoms with Crippen LogP contribution in [0.2, 0.25) is 0 Å². The van der Waals surface area contributed by atoms with Gasteiger partial charge >= 0.3 is 5.97 Å². The van der Waals surface area contributed by atoms with Gasteiger partial charge in [-0.1, -0.05) is 18.2 Å². The van der Waals surface area contributed by atoms with E-state index in [0.29, 0.717) is 22.8 Å². The fraction of sp³-hybridized carbons (Fsp3) is 0.211. The van der Waals surface area contributed by atoms with Crippen molar-refractivity contribution in [2.75, 3.05) is 21.3 Å². The van der Waals surface area contributed by atoms with E-state index in [4.69, 9.17) is 18.9 Å². The Balaban J connectivity index is 1.83. The molecular formula is C19H18O5S. The van der Waals surface area contributed by atoms with E-state index in [1.807, 2.05) is 29.6 Å². The van der Waals surface area contributed by atoms with Gasteiger partial charge in [-0.15, -0.1) is 11.3 Å². The number of hydrogen-bond donors (Lipinski definition) is 0. The standard InChI is InChI=1S/C19H18O5S/c1-21-15-9-17(23-3)16(22-2)8-14(15)19(20)24-10-12-11-25-18-7-5-4-6-13(12)18/h4-9,11H,10H2,1-3H3. The summed E-state index contributed by atoms with van der Waals surface area (Å²) in [5.41, 5.74) is 1.27. The van der Waals surface area contributed by atoms with Crippen LogP contribution in [0.5, 0.6) is 17.2 Å². The third-order valence-electron chi connectivity index (χ3n) is 3.85. The molecule has 25 heavy (non-hydrogen) atoms. The number of esters is 1. The molecule has 0 amide bonds. The van der Waals surface area contributed by atoms with Crippen molar-refractivity contribution in [2.45, 2.75) is 6.61 Å². The molecule has 0 saturated heterocycles. The van der Waals surface area contributed by atoms with Gasteiger partial charge in [0.25, 0.3) is 0 Å². The number of carbonyl (C=O) groups excluding carboxylic acids is 1. The molecule has 0 spiro atoms. The van der Waals surface area contributed by atoms with Crippen molar-refractivity contribution < 1.29 is 23.7 Å². The molecule has 0 aliphatic heterocycles. The third-order valence-corrected chi connectivity index (χ3v) is 4.86. The van der Waals surface area contributed by atoms with E-state index < -0.39 is 5.97 Å². The minimum Gasteiger partial charge on any atom is -0.496 e. The van der Waals surface area contributed by atoms with Crippen LogP contribution in [-0.2, 0) is 11.3 Å². The zero-order valence-corrected chi connectivity index (χ0v) is 15.0. The molecule has 5 nitrogen and oxygen atoms in total. The molecule has 0 unspecified atom stereocenters. The number of fused-ring (bicyclic) bond motifs is 1. The number of hydrogen-bond acceptors (Lipinski definition) is 6. The summed E-state index contributed by atoms with van der Waals surface area (Å²) >= 11 is 1.63. The molecule has 1 heterocycles. The van der Waals surface area contributed by atoms with Gasteiger partial charge in [-0.2, -0.15) is 0 Å². The number of carbonyl (C=O) groups is 1. The topological polar surface area (TPSA) is 54.0 Å². The molecule has 0 aliphatic rings. The lowest BCUT2D eigenvalue weighted by atomic mass is 10.1. The van der Waals surface area contributed by atoms with Crippen molar-refractivity contribution in [3.05, 3.63) is 52.9 Å². The van der Waals surface area contributed by atoms with E-state index in [1.165, 1.54) is 21.3 Å². The number of thiophene rings is 1. The molecule has 1 aromatic heterocycles. The van der Waals surface area contributed by atoms with Crippen LogP contribution in [0.4, 0.5) is 0 Å². The molecule has 2 aromatic carbocycles. The average Bonchev–Trinajstić information content (AvgIpc) is 3.08. The van der Waals surface area contributed by atoms with E-state index in [2.05, 4.69) is 0 Å². The Bertz CT molecular complexity index is 900. The van der Waals surface area contributed by atoms with Crippen LogP contribution in [0, 0.1) is 0 Å². The van der Waals surface area contributed by atoms with E-state index in [1.54, 1.807) is 23.5 Å². The SMILES string of the molecule is COc1cc(OC)c(C(=O)OCc2csc3ccccc23)cc1OC. The Morgan fingerprint density at radius 2 is 1.64 bits per heavy atom. The molecule has 0 atom stereocenters. The van der Waals surface area contributed by atoms with Crippen LogP contribution in [0.1, 0.15) is 15.9 Å². The van der Waals surface area contributed by atoms with Crippen molar-refractivity contribution in [1.82, 2.24) is 0 Å². The second-order valence-electron chi connectivity index (χ2n) is 5.24. The zero-order valence-electron chi connectivity index (χ0n) is 14.2. The summed E-state index contributed by atoms with van der Waals surface area (Å²) in [7, 11) is 4.53. The van der Waals surface area contributed by atoms with Crippen molar-refractivity contribution in [3.63, 3.8) is 0 Å². The largest absolute Gasteiger partial charge is 0.496 e. The predicted octanol–water partition coefficient (Wildman–Crippen LogP) is 4.28. The monoisotopic (exact) mass is 358 g/mol. The van der Waals surface area contributed by atoms with Gasteiger partial charge < -0.3 is 18.9 Å². The highest BCUT2D eigenvalue weighted by atomic mass is 32.1. The molecule has 0 radical (unpaired) electrons. The second kappa shape index (κ2) is 7.44. The van der Waals surface area contributed by atoms with E-state index >= 15 is 0 Å². The first-order valence-electron chi connectivity index (χ1n) is 7.60. The van der Waals surface area contributed by atoms with Gasteiger partial charge in [0, 0.05) is 22.4 Å². The average molecular weight is 358 g/mol. The highest BCUT2D eigenvalue weighted by molar-refractivity contribution is 7.17. The summed E-state index contributed by atoms with van der Waals surface area (Å²) in [5, 5.41) is 3.10. The molecule has 0 saturated carbocycles. The molecule has 6 heteroatoms. The lowest BCUT2D eigenvalue weighted by molar-refractivity contribution is 0.0470. The fourth-order valence-electron chi connectivity index (χ4n) is 2.55. The number of methoxy groups -OCH3 is 3. The Kier molecular flexibility index (Phi) is 5.09. The van der Waals surface area contributed by atoms with Crippen LogP contribution >= 0.6 is 11.3 Å². The first-order chi connectivity index (χ1) is 12.2. The number of benzene rings is 2. The summed E-state index contributed by atoms with van der Waals surface area (Å²) in [6.07, 6.45) is 0. The molecular weight excluding hydrogens is 340 g/mol. The molecule has 0 aliphatic carbocycles. The molecule has 3 rings (SSSR count). The van der Waals surface area contributed by atoms with E-state index in [0.717, 1.165) is 15.6 Å². The van der Waals surface area contributed by atoms with Crippen LogP contribution in [0.15, 0.2) is 41.8 Å². The van der Waals surface area contributed by atoms with Crippen LogP contribution in [-0.4, -0.2) is 27.3 Å². The Labute approximate surface area is 149 Å². The van der Waals surface area contributed by atoms with Crippen molar-refractivity contribution >= 4 is 27.4 Å². The van der Waals surface area contributed by atoms with E-state index in [9.17, 15) is 4.79 Å². The first-order valence-corrected chi connectivity index (χ1v) is 8.48. The lowest BCUT2D eigenvalue weighted by Crippen LogP contribution is -2.08. The van der Waals surface area contributed by atoms with Gasteiger partial charge in [0.1, 0.15) is 17.9 Å². The molecule has 130 valence electrons. The van der Waals surface area contributed by atoms with Gasteiger partial charge in [-0.05, 0) is 16.8 Å². The van der Waals surface area contributed by atoms with Crippen molar-refractivity contribution in [1.29, 1.82) is 0 Å². The van der Waals surface area contributed by atoms with Gasteiger partial charge in [-0.3, -0.25) is 0 Å². The zero-order chi connectivity index (χ0) is 17.8. The Morgan fingerprint density at radius 1 is 0.960 bits per heavy atom. The summed E-state index contributed by atoms with van der Waals surface area (Å²) < 4.78 is 22.4. The Morgan fingerprint density at radius 3 is 2.36 bits per heavy atom. The van der Waals surface area contributed by atoms with Gasteiger partial charge in [0.2, 0.25) is 0 Å². The third kappa shape index (κ3) is 3.39. The molecule has 0 bridgehead atoms. The maximum Gasteiger partial charge on any atom is 0.342 e. The maximum atomic E-state index is 12.5. The quantitative estimate of drug-likeness (QED) is 0.616. The van der Waals surface area contributed by atoms with Gasteiger partial charge in [0.15, 0.2) is 11.5 Å². The summed E-state index contributed by atoms with van der Waals surface area (Å²) in [5.74, 6) is 0.821. The number of rotatable bonds is 6.